The zero-order valence-corrected chi connectivity index (χ0v) is 38.3. The van der Waals surface area contributed by atoms with Crippen LogP contribution in [0, 0.1) is 31.1 Å². The Morgan fingerprint density at radius 1 is 0.425 bits per heavy atom. The van der Waals surface area contributed by atoms with Crippen molar-refractivity contribution in [2.75, 3.05) is 20.0 Å². The van der Waals surface area contributed by atoms with Gasteiger partial charge in [-0.3, -0.25) is 33.6 Å². The third-order valence-electron chi connectivity index (χ3n) is 12.3. The number of hydrogen-bond donors (Lipinski definition) is 1. The van der Waals surface area contributed by atoms with E-state index < -0.39 is 41.4 Å². The van der Waals surface area contributed by atoms with Crippen molar-refractivity contribution in [1.82, 2.24) is 0 Å². The maximum atomic E-state index is 13.9. The fourth-order valence-electron chi connectivity index (χ4n) is 8.77. The fraction of sp³-hybridized carbons (Fsp3) is 0.0167. The van der Waals surface area contributed by atoms with Gasteiger partial charge in [0.15, 0.2) is 0 Å². The number of rotatable bonds is 9. The molecule has 0 unspecified atom stereocenters. The van der Waals surface area contributed by atoms with Gasteiger partial charge in [-0.25, -0.2) is 14.7 Å². The lowest BCUT2D eigenvalue weighted by molar-refractivity contribution is 0.0910. The van der Waals surface area contributed by atoms with E-state index in [-0.39, 0.29) is 56.1 Å². The Bertz CT molecular complexity index is 3850. The van der Waals surface area contributed by atoms with Crippen molar-refractivity contribution >= 4 is 64.1 Å². The van der Waals surface area contributed by atoms with Crippen LogP contribution in [0.15, 0.2) is 176 Å². The Morgan fingerprint density at radius 2 is 0.890 bits per heavy atom. The molecule has 11 rings (SSSR count). The second kappa shape index (κ2) is 18.0. The second-order valence-electron chi connectivity index (χ2n) is 17.1. The van der Waals surface area contributed by atoms with Crippen molar-refractivity contribution < 1.29 is 43.0 Å². The minimum atomic E-state index is -0.621. The molecule has 3 aliphatic heterocycles. The largest absolute Gasteiger partial charge is 0.457 e. The van der Waals surface area contributed by atoms with Gasteiger partial charge in [-0.1, -0.05) is 42.0 Å². The summed E-state index contributed by atoms with van der Waals surface area (Å²) in [7, 11) is 0. The summed E-state index contributed by atoms with van der Waals surface area (Å²) in [6, 6.07) is 47.6. The number of benzene rings is 8. The first-order chi connectivity index (χ1) is 35.4. The highest BCUT2D eigenvalue weighted by atomic mass is 16.5. The van der Waals surface area contributed by atoms with Crippen LogP contribution in [-0.2, 0) is 0 Å². The first-order valence-electron chi connectivity index (χ1n) is 22.6. The van der Waals surface area contributed by atoms with Gasteiger partial charge < -0.3 is 14.8 Å². The number of nitrogens with one attached hydrogen (secondary N) is 1. The first-order valence-corrected chi connectivity index (χ1v) is 22.6. The first kappa shape index (κ1) is 44.9. The topological polar surface area (TPSA) is 160 Å². The zero-order valence-electron chi connectivity index (χ0n) is 38.3. The highest BCUT2D eigenvalue weighted by Gasteiger charge is 2.40. The lowest BCUT2D eigenvalue weighted by atomic mass is 10.1. The van der Waals surface area contributed by atoms with Crippen molar-refractivity contribution in [1.29, 1.82) is 0 Å². The highest BCUT2D eigenvalue weighted by molar-refractivity contribution is 6.36. The van der Waals surface area contributed by atoms with Gasteiger partial charge in [0, 0.05) is 27.9 Å². The molecule has 0 bridgehead atoms. The molecule has 0 spiro atoms. The molecule has 73 heavy (non-hydrogen) atoms. The molecule has 0 aromatic heterocycles. The molecule has 0 aliphatic carbocycles. The summed E-state index contributed by atoms with van der Waals surface area (Å²) in [4.78, 5) is 98.2. The average Bonchev–Trinajstić information content (AvgIpc) is 3.92. The molecule has 13 heteroatoms. The number of carbonyl (C=O) groups is 7. The third-order valence-corrected chi connectivity index (χ3v) is 12.3. The van der Waals surface area contributed by atoms with Gasteiger partial charge in [-0.15, -0.1) is 6.42 Å². The average molecular weight is 955 g/mol. The van der Waals surface area contributed by atoms with E-state index in [2.05, 4.69) is 23.1 Å². The van der Waals surface area contributed by atoms with E-state index in [4.69, 9.17) is 15.9 Å². The molecule has 8 aromatic carbocycles. The number of ether oxygens (including phenoxy) is 2. The summed E-state index contributed by atoms with van der Waals surface area (Å²) in [6.07, 6.45) is 5.51. The minimum Gasteiger partial charge on any atom is -0.457 e. The molecule has 13 nitrogen and oxygen atoms in total. The molecule has 7 amide bonds. The lowest BCUT2D eigenvalue weighted by Gasteiger charge is -2.16. The van der Waals surface area contributed by atoms with Crippen molar-refractivity contribution in [2.24, 2.45) is 0 Å². The van der Waals surface area contributed by atoms with Gasteiger partial charge in [-0.2, -0.15) is 0 Å². The molecule has 0 fully saturated rings. The molecule has 0 saturated heterocycles. The van der Waals surface area contributed by atoms with Gasteiger partial charge in [0.2, 0.25) is 0 Å². The number of carbonyl (C=O) groups excluding carboxylic acids is 7. The number of aryl methyl sites for hydroxylation is 1. The highest BCUT2D eigenvalue weighted by Crippen LogP contribution is 2.37. The molecule has 0 radical (unpaired) electrons. The van der Waals surface area contributed by atoms with Crippen LogP contribution < -0.4 is 29.5 Å². The van der Waals surface area contributed by atoms with Gasteiger partial charge in [0.1, 0.15) is 23.0 Å². The van der Waals surface area contributed by atoms with E-state index in [9.17, 15) is 33.6 Å². The SMILES string of the molecule is C#Cc1cccc(NC(=O)c2cc(C)cc(N3C(=O)c4ccc(Oc5ccc6c(c5)C(=O)N(c5ccc(Oc7ccc(N8C(=O)c9ccc(C#Cc%10ccccc%10)cc9C8=O)cc7)cc5)C6=O)cc4C3=O)c2)c1. The lowest BCUT2D eigenvalue weighted by Crippen LogP contribution is -2.29. The number of fused-ring (bicyclic) bond motifs is 3. The van der Waals surface area contributed by atoms with E-state index in [1.165, 1.54) is 42.5 Å². The van der Waals surface area contributed by atoms with Crippen molar-refractivity contribution in [3.8, 4) is 47.2 Å². The monoisotopic (exact) mass is 954 g/mol. The van der Waals surface area contributed by atoms with Crippen LogP contribution in [0.4, 0.5) is 22.7 Å². The van der Waals surface area contributed by atoms with E-state index in [0.29, 0.717) is 45.3 Å². The smallest absolute Gasteiger partial charge is 0.266 e. The third kappa shape index (κ3) is 8.31. The number of hydrogen-bond acceptors (Lipinski definition) is 9. The molecule has 8 aromatic rings. The molecular weight excluding hydrogens is 921 g/mol. The summed E-state index contributed by atoms with van der Waals surface area (Å²) in [5, 5.41) is 2.80. The summed E-state index contributed by atoms with van der Waals surface area (Å²) >= 11 is 0. The Balaban J connectivity index is 0.736. The van der Waals surface area contributed by atoms with Crippen LogP contribution in [-0.4, -0.2) is 41.4 Å². The van der Waals surface area contributed by atoms with Crippen LogP contribution in [0.3, 0.4) is 0 Å². The number of anilines is 4. The predicted octanol–water partition coefficient (Wildman–Crippen LogP) is 10.6. The molecule has 3 heterocycles. The number of terminal acetylenes is 1. The predicted molar refractivity (Wildman–Crippen MR) is 272 cm³/mol. The van der Waals surface area contributed by atoms with Gasteiger partial charge in [0.05, 0.1) is 50.4 Å². The molecule has 0 atom stereocenters. The quantitative estimate of drug-likeness (QED) is 0.110. The molecule has 3 aliphatic rings. The molecule has 1 N–H and O–H groups in total. The molecule has 0 saturated carbocycles. The van der Waals surface area contributed by atoms with Crippen molar-refractivity contribution in [3.05, 3.63) is 237 Å². The Kier molecular flexibility index (Phi) is 11.1. The van der Waals surface area contributed by atoms with E-state index in [1.807, 2.05) is 30.3 Å². The standard InChI is InChI=1S/C60H34N4O9/c1-3-36-10-7-11-40(30-36)61-54(65)39-28-35(2)29-43(32-39)64-57(68)50-27-24-47(34-53(50)60(64)71)73-46-23-26-49-52(33-46)59(70)63(56(49)67)42-17-21-45(22-18-42)72-44-19-15-41(16-20-44)62-55(66)48-25-14-38(31-51(48)58(62)69)13-12-37-8-5-4-6-9-37/h1,4-11,14-34H,2H3,(H,61,65). The van der Waals surface area contributed by atoms with Gasteiger partial charge in [-0.05, 0) is 164 Å². The zero-order chi connectivity index (χ0) is 50.5. The summed E-state index contributed by atoms with van der Waals surface area (Å²) < 4.78 is 12.1. The van der Waals surface area contributed by atoms with Crippen LogP contribution in [0.1, 0.15) is 94.8 Å². The normalized spacial score (nSPS) is 13.3. The Labute approximate surface area is 416 Å². The number of imide groups is 3. The van der Waals surface area contributed by atoms with Crippen LogP contribution in [0.2, 0.25) is 0 Å². The van der Waals surface area contributed by atoms with Gasteiger partial charge >= 0.3 is 0 Å². The van der Waals surface area contributed by atoms with E-state index >= 15 is 0 Å². The van der Waals surface area contributed by atoms with Gasteiger partial charge in [0.25, 0.3) is 41.4 Å². The maximum absolute atomic E-state index is 13.9. The van der Waals surface area contributed by atoms with Crippen LogP contribution in [0.25, 0.3) is 0 Å². The summed E-state index contributed by atoms with van der Waals surface area (Å²) in [6.45, 7) is 1.75. The fourth-order valence-corrected chi connectivity index (χ4v) is 8.77. The number of amides is 7. The molecular formula is C60H34N4O9. The van der Waals surface area contributed by atoms with E-state index in [1.54, 1.807) is 110 Å². The Hall–Kier alpha value is -10.6. The molecule has 348 valence electrons. The van der Waals surface area contributed by atoms with Crippen molar-refractivity contribution in [3.63, 3.8) is 0 Å². The van der Waals surface area contributed by atoms with Crippen LogP contribution >= 0.6 is 0 Å². The maximum Gasteiger partial charge on any atom is 0.266 e. The Morgan fingerprint density at radius 3 is 1.45 bits per heavy atom. The van der Waals surface area contributed by atoms with Crippen molar-refractivity contribution in [2.45, 2.75) is 6.92 Å². The van der Waals surface area contributed by atoms with Crippen LogP contribution in [0.5, 0.6) is 23.0 Å². The minimum absolute atomic E-state index is 0.0749. The summed E-state index contributed by atoms with van der Waals surface area (Å²) in [5.41, 5.74) is 5.25. The second-order valence-corrected chi connectivity index (χ2v) is 17.1. The number of nitrogens with zero attached hydrogens (tertiary/aromatic N) is 3. The van der Waals surface area contributed by atoms with E-state index in [0.717, 1.165) is 20.3 Å². The summed E-state index contributed by atoms with van der Waals surface area (Å²) in [5.74, 6) is 6.14.